The number of aryl methyl sites for hydroxylation is 1. The number of rotatable bonds is 4. The number of benzene rings is 2. The average molecular weight is 305 g/mol. The lowest BCUT2D eigenvalue weighted by molar-refractivity contribution is 0.538. The Morgan fingerprint density at radius 2 is 2.00 bits per heavy atom. The van der Waals surface area contributed by atoms with Gasteiger partial charge in [-0.3, -0.25) is 0 Å². The molecule has 2 aromatic rings. The monoisotopic (exact) mass is 305 g/mol. The third kappa shape index (κ3) is 2.71. The van der Waals surface area contributed by atoms with Crippen LogP contribution in [0.4, 0.5) is 4.39 Å². The van der Waals surface area contributed by atoms with Gasteiger partial charge in [-0.05, 0) is 42.2 Å². The van der Waals surface area contributed by atoms with Crippen molar-refractivity contribution in [3.8, 4) is 0 Å². The molecule has 1 aliphatic rings. The predicted molar refractivity (Wildman–Crippen MR) is 79.2 cm³/mol. The first-order valence-electron chi connectivity index (χ1n) is 6.81. The van der Waals surface area contributed by atoms with Crippen LogP contribution in [0.1, 0.15) is 22.6 Å². The molecule has 0 aliphatic heterocycles. The van der Waals surface area contributed by atoms with Crippen LogP contribution in [0.3, 0.4) is 0 Å². The standard InChI is InChI=1S/C16H16FNO2S/c1-11-6-7-16(15(17)8-11)21(19,20)18-10-13-9-12-4-2-3-5-14(12)13/h2-8,13,18H,9-10H2,1H3/t13-/m1/s1. The van der Waals surface area contributed by atoms with Crippen LogP contribution in [-0.4, -0.2) is 15.0 Å². The van der Waals surface area contributed by atoms with E-state index in [9.17, 15) is 12.8 Å². The molecule has 0 aromatic heterocycles. The molecule has 0 saturated carbocycles. The summed E-state index contributed by atoms with van der Waals surface area (Å²) >= 11 is 0. The smallest absolute Gasteiger partial charge is 0.210 e. The maximum atomic E-state index is 13.8. The van der Waals surface area contributed by atoms with Gasteiger partial charge in [-0.1, -0.05) is 30.3 Å². The van der Waals surface area contributed by atoms with Gasteiger partial charge in [0.05, 0.1) is 0 Å². The highest BCUT2D eigenvalue weighted by molar-refractivity contribution is 7.89. The number of hydrogen-bond acceptors (Lipinski definition) is 2. The van der Waals surface area contributed by atoms with Crippen LogP contribution in [-0.2, 0) is 16.4 Å². The highest BCUT2D eigenvalue weighted by Crippen LogP contribution is 2.34. The van der Waals surface area contributed by atoms with Gasteiger partial charge in [0.15, 0.2) is 0 Å². The predicted octanol–water partition coefficient (Wildman–Crippen LogP) is 2.75. The summed E-state index contributed by atoms with van der Waals surface area (Å²) in [5.41, 5.74) is 3.12. The first kappa shape index (κ1) is 14.2. The van der Waals surface area contributed by atoms with Crippen molar-refractivity contribution >= 4 is 10.0 Å². The van der Waals surface area contributed by atoms with E-state index in [1.807, 2.05) is 24.3 Å². The van der Waals surface area contributed by atoms with Crippen molar-refractivity contribution in [2.75, 3.05) is 6.54 Å². The molecule has 3 nitrogen and oxygen atoms in total. The normalized spacial score (nSPS) is 17.1. The van der Waals surface area contributed by atoms with Crippen molar-refractivity contribution in [3.63, 3.8) is 0 Å². The number of fused-ring (bicyclic) bond motifs is 1. The molecule has 1 aliphatic carbocycles. The fraction of sp³-hybridized carbons (Fsp3) is 0.250. The van der Waals surface area contributed by atoms with E-state index in [1.54, 1.807) is 13.0 Å². The molecule has 0 spiro atoms. The van der Waals surface area contributed by atoms with Gasteiger partial charge < -0.3 is 0 Å². The lowest BCUT2D eigenvalue weighted by Gasteiger charge is -2.30. The van der Waals surface area contributed by atoms with E-state index < -0.39 is 15.8 Å². The van der Waals surface area contributed by atoms with Crippen molar-refractivity contribution in [1.29, 1.82) is 0 Å². The fourth-order valence-electron chi connectivity index (χ4n) is 2.66. The highest BCUT2D eigenvalue weighted by atomic mass is 32.2. The third-order valence-electron chi connectivity index (χ3n) is 3.86. The summed E-state index contributed by atoms with van der Waals surface area (Å²) in [4.78, 5) is -0.291. The molecule has 5 heteroatoms. The van der Waals surface area contributed by atoms with Gasteiger partial charge in [-0.2, -0.15) is 0 Å². The van der Waals surface area contributed by atoms with Crippen molar-refractivity contribution in [3.05, 3.63) is 65.0 Å². The Balaban J connectivity index is 1.73. The van der Waals surface area contributed by atoms with Crippen molar-refractivity contribution in [2.45, 2.75) is 24.2 Å². The van der Waals surface area contributed by atoms with Crippen molar-refractivity contribution in [2.24, 2.45) is 0 Å². The molecule has 21 heavy (non-hydrogen) atoms. The second kappa shape index (κ2) is 5.24. The fourth-order valence-corrected chi connectivity index (χ4v) is 3.80. The molecule has 0 amide bonds. The Morgan fingerprint density at radius 1 is 1.24 bits per heavy atom. The average Bonchev–Trinajstić information content (AvgIpc) is 2.39. The molecule has 2 aromatic carbocycles. The Bertz CT molecular complexity index is 787. The lowest BCUT2D eigenvalue weighted by atomic mass is 9.78. The summed E-state index contributed by atoms with van der Waals surface area (Å²) in [5.74, 6) is -0.541. The Hall–Kier alpha value is -1.72. The van der Waals surface area contributed by atoms with E-state index >= 15 is 0 Å². The Morgan fingerprint density at radius 3 is 2.71 bits per heavy atom. The minimum absolute atomic E-state index is 0.171. The maximum Gasteiger partial charge on any atom is 0.243 e. The molecule has 0 fully saturated rings. The first-order chi connectivity index (χ1) is 9.97. The van der Waals surface area contributed by atoms with Crippen LogP contribution in [0.2, 0.25) is 0 Å². The molecule has 3 rings (SSSR count). The SMILES string of the molecule is Cc1ccc(S(=O)(=O)NC[C@H]2Cc3ccccc32)c(F)c1. The van der Waals surface area contributed by atoms with Gasteiger partial charge in [0.2, 0.25) is 10.0 Å². The number of halogens is 1. The Kier molecular flexibility index (Phi) is 3.55. The molecule has 0 heterocycles. The van der Waals surface area contributed by atoms with Gasteiger partial charge in [0.1, 0.15) is 10.7 Å². The van der Waals surface area contributed by atoms with Gasteiger partial charge in [0, 0.05) is 12.5 Å². The quantitative estimate of drug-likeness (QED) is 0.944. The van der Waals surface area contributed by atoms with Crippen LogP contribution >= 0.6 is 0 Å². The topological polar surface area (TPSA) is 46.2 Å². The minimum Gasteiger partial charge on any atom is -0.210 e. The minimum atomic E-state index is -3.81. The maximum absolute atomic E-state index is 13.8. The molecule has 0 bridgehead atoms. The summed E-state index contributed by atoms with van der Waals surface area (Å²) in [6.45, 7) is 2.02. The van der Waals surface area contributed by atoms with Crippen molar-refractivity contribution < 1.29 is 12.8 Å². The van der Waals surface area contributed by atoms with Gasteiger partial charge >= 0.3 is 0 Å². The number of hydrogen-bond donors (Lipinski definition) is 1. The van der Waals surface area contributed by atoms with Gasteiger partial charge in [-0.15, -0.1) is 0 Å². The molecule has 0 saturated heterocycles. The van der Waals surface area contributed by atoms with Crippen molar-refractivity contribution in [1.82, 2.24) is 4.72 Å². The van der Waals surface area contributed by atoms with Crippen LogP contribution in [0, 0.1) is 12.7 Å². The largest absolute Gasteiger partial charge is 0.243 e. The second-order valence-electron chi connectivity index (χ2n) is 5.39. The summed E-state index contributed by atoms with van der Waals surface area (Å²) < 4.78 is 40.6. The van der Waals surface area contributed by atoms with Crippen LogP contribution < -0.4 is 4.72 Å². The third-order valence-corrected chi connectivity index (χ3v) is 5.31. The molecular weight excluding hydrogens is 289 g/mol. The Labute approximate surface area is 123 Å². The zero-order valence-corrected chi connectivity index (χ0v) is 12.5. The molecule has 110 valence electrons. The van der Waals surface area contributed by atoms with Crippen LogP contribution in [0.5, 0.6) is 0 Å². The second-order valence-corrected chi connectivity index (χ2v) is 7.12. The summed E-state index contributed by atoms with van der Waals surface area (Å²) in [5, 5.41) is 0. The van der Waals surface area contributed by atoms with Gasteiger partial charge in [-0.25, -0.2) is 17.5 Å². The van der Waals surface area contributed by atoms with Crippen LogP contribution in [0.15, 0.2) is 47.4 Å². The van der Waals surface area contributed by atoms with Crippen LogP contribution in [0.25, 0.3) is 0 Å². The zero-order valence-electron chi connectivity index (χ0n) is 11.6. The van der Waals surface area contributed by atoms with E-state index in [4.69, 9.17) is 0 Å². The highest BCUT2D eigenvalue weighted by Gasteiger charge is 2.27. The van der Waals surface area contributed by atoms with E-state index in [1.165, 1.54) is 23.3 Å². The van der Waals surface area contributed by atoms with E-state index in [0.29, 0.717) is 12.1 Å². The zero-order chi connectivity index (χ0) is 15.0. The molecular formula is C16H16FNO2S. The summed E-state index contributed by atoms with van der Waals surface area (Å²) in [6, 6.07) is 12.1. The molecule has 1 N–H and O–H groups in total. The molecule has 1 atom stereocenters. The van der Waals surface area contributed by atoms with E-state index in [2.05, 4.69) is 4.72 Å². The molecule has 0 radical (unpaired) electrons. The number of sulfonamides is 1. The summed E-state index contributed by atoms with van der Waals surface area (Å²) in [7, 11) is -3.81. The van der Waals surface area contributed by atoms with E-state index in [-0.39, 0.29) is 10.8 Å². The van der Waals surface area contributed by atoms with Gasteiger partial charge in [0.25, 0.3) is 0 Å². The molecule has 0 unspecified atom stereocenters. The lowest BCUT2D eigenvalue weighted by Crippen LogP contribution is -2.33. The summed E-state index contributed by atoms with van der Waals surface area (Å²) in [6.07, 6.45) is 0.856. The number of nitrogens with one attached hydrogen (secondary N) is 1. The van der Waals surface area contributed by atoms with E-state index in [0.717, 1.165) is 6.42 Å². The first-order valence-corrected chi connectivity index (χ1v) is 8.29.